The number of aliphatic carboxylic acids is 1. The van der Waals surface area contributed by atoms with Crippen molar-refractivity contribution >= 4 is 39.4 Å². The minimum absolute atomic E-state index is 0.0803. The van der Waals surface area contributed by atoms with Crippen molar-refractivity contribution in [2.75, 3.05) is 6.61 Å². The first-order valence-corrected chi connectivity index (χ1v) is 14.2. The smallest absolute Gasteiger partial charge is 0.433 e. The number of nitriles is 1. The fraction of sp³-hybridized carbons (Fsp3) is 0.192. The molecule has 0 unspecified atom stereocenters. The first kappa shape index (κ1) is 29.3. The molecule has 0 saturated carbocycles. The van der Waals surface area contributed by atoms with Gasteiger partial charge >= 0.3 is 12.1 Å². The summed E-state index contributed by atoms with van der Waals surface area (Å²) in [6.07, 6.45) is 5.55. The van der Waals surface area contributed by atoms with Crippen LogP contribution in [-0.2, 0) is 21.0 Å². The molecule has 0 radical (unpaired) electrons. The molecule has 1 aliphatic carbocycles. The predicted octanol–water partition coefficient (Wildman–Crippen LogP) is 6.47. The van der Waals surface area contributed by atoms with Crippen molar-refractivity contribution in [3.63, 3.8) is 0 Å². The summed E-state index contributed by atoms with van der Waals surface area (Å²) in [6, 6.07) is 4.40. The Bertz CT molecular complexity index is 1630. The van der Waals surface area contributed by atoms with Gasteiger partial charge in [0.2, 0.25) is 0 Å². The fourth-order valence-corrected chi connectivity index (χ4v) is 6.37. The Hall–Kier alpha value is -3.73. The lowest BCUT2D eigenvalue weighted by molar-refractivity contribution is -0.141. The third-order valence-electron chi connectivity index (χ3n) is 5.74. The molecule has 4 rings (SSSR count). The third kappa shape index (κ3) is 6.35. The molecule has 1 aromatic carbocycles. The van der Waals surface area contributed by atoms with Gasteiger partial charge in [-0.2, -0.15) is 18.4 Å². The van der Waals surface area contributed by atoms with E-state index in [2.05, 4.69) is 4.98 Å². The molecule has 40 heavy (non-hydrogen) atoms. The number of rotatable bonds is 8. The molecule has 0 amide bonds. The number of sulfonamides is 1. The first-order valence-electron chi connectivity index (χ1n) is 11.5. The van der Waals surface area contributed by atoms with Gasteiger partial charge in [0, 0.05) is 40.7 Å². The second-order valence-corrected chi connectivity index (χ2v) is 11.6. The van der Waals surface area contributed by atoms with Gasteiger partial charge in [-0.3, -0.25) is 9.78 Å². The molecule has 0 saturated heterocycles. The molecule has 1 N–H and O–H groups in total. The number of benzene rings is 1. The van der Waals surface area contributed by atoms with Crippen LogP contribution in [0, 0.1) is 11.3 Å². The van der Waals surface area contributed by atoms with Crippen LogP contribution in [0.4, 0.5) is 13.2 Å². The molecule has 208 valence electrons. The minimum atomic E-state index is -4.81. The number of allylic oxidation sites excluding steroid dienone is 4. The highest BCUT2D eigenvalue weighted by Gasteiger charge is 2.34. The molecule has 2 aromatic rings. The Morgan fingerprint density at radius 1 is 1.27 bits per heavy atom. The van der Waals surface area contributed by atoms with Gasteiger partial charge in [-0.1, -0.05) is 41.6 Å². The maximum absolute atomic E-state index is 13.9. The summed E-state index contributed by atoms with van der Waals surface area (Å²) in [6.45, 7) is -0.384. The van der Waals surface area contributed by atoms with Gasteiger partial charge in [0.15, 0.2) is 0 Å². The van der Waals surface area contributed by atoms with Gasteiger partial charge in [0.1, 0.15) is 16.3 Å². The van der Waals surface area contributed by atoms with Crippen molar-refractivity contribution < 1.29 is 36.2 Å². The van der Waals surface area contributed by atoms with Gasteiger partial charge in [-0.05, 0) is 36.0 Å². The zero-order valence-corrected chi connectivity index (χ0v) is 22.7. The van der Waals surface area contributed by atoms with Crippen LogP contribution in [-0.4, -0.2) is 35.4 Å². The van der Waals surface area contributed by atoms with E-state index in [4.69, 9.17) is 21.4 Å². The van der Waals surface area contributed by atoms with Crippen LogP contribution >= 0.6 is 23.4 Å². The zero-order chi connectivity index (χ0) is 29.1. The van der Waals surface area contributed by atoms with E-state index in [9.17, 15) is 31.6 Å². The van der Waals surface area contributed by atoms with Crippen LogP contribution < -0.4 is 4.74 Å². The standard InChI is InChI=1S/C26H19ClF3N3O5S2/c27-20-12-21(38-8-6-25(34)35)23(11-18(20)19-14-32-24(26(28,29)30)10-17(19)13-31)40(36,37)33-7-9-39-22(15-33)16-4-2-1-3-5-16/h1-2,4,7,9-12,14-15H,3,5-6,8H2,(H,34,35). The second kappa shape index (κ2) is 11.8. The number of halogens is 4. The van der Waals surface area contributed by atoms with Gasteiger partial charge < -0.3 is 9.84 Å². The monoisotopic (exact) mass is 609 g/mol. The summed E-state index contributed by atoms with van der Waals surface area (Å²) in [5.74, 6) is -1.45. The highest BCUT2D eigenvalue weighted by Crippen LogP contribution is 2.41. The number of carboxylic acid groups (broad SMARTS) is 1. The lowest BCUT2D eigenvalue weighted by atomic mass is 10.0. The molecular formula is C26H19ClF3N3O5S2. The van der Waals surface area contributed by atoms with Gasteiger partial charge in [-0.15, -0.1) is 0 Å². The third-order valence-corrected chi connectivity index (χ3v) is 8.59. The molecule has 0 spiro atoms. The number of hydrogen-bond donors (Lipinski definition) is 1. The molecule has 8 nitrogen and oxygen atoms in total. The summed E-state index contributed by atoms with van der Waals surface area (Å²) in [4.78, 5) is 14.6. The number of carboxylic acids is 1. The highest BCUT2D eigenvalue weighted by atomic mass is 35.5. The normalized spacial score (nSPS) is 15.3. The van der Waals surface area contributed by atoms with E-state index < -0.39 is 44.7 Å². The minimum Gasteiger partial charge on any atom is -0.491 e. The molecule has 2 aliphatic rings. The molecule has 0 atom stereocenters. The van der Waals surface area contributed by atoms with Crippen molar-refractivity contribution in [2.24, 2.45) is 0 Å². The van der Waals surface area contributed by atoms with Crippen LogP contribution in [0.3, 0.4) is 0 Å². The van der Waals surface area contributed by atoms with E-state index in [0.717, 1.165) is 34.6 Å². The lowest BCUT2D eigenvalue weighted by Gasteiger charge is -2.24. The Labute approximate surface area is 236 Å². The number of thioether (sulfide) groups is 1. The van der Waals surface area contributed by atoms with E-state index in [1.54, 1.807) is 11.5 Å². The van der Waals surface area contributed by atoms with Crippen molar-refractivity contribution in [2.45, 2.75) is 30.3 Å². The Morgan fingerprint density at radius 3 is 2.70 bits per heavy atom. The van der Waals surface area contributed by atoms with Crippen molar-refractivity contribution in [3.8, 4) is 22.9 Å². The summed E-state index contributed by atoms with van der Waals surface area (Å²) in [5, 5.41) is 20.0. The molecular weight excluding hydrogens is 591 g/mol. The van der Waals surface area contributed by atoms with Crippen molar-refractivity contribution in [3.05, 3.63) is 87.2 Å². The van der Waals surface area contributed by atoms with Crippen LogP contribution in [0.2, 0.25) is 5.02 Å². The molecule has 14 heteroatoms. The first-order chi connectivity index (χ1) is 18.9. The summed E-state index contributed by atoms with van der Waals surface area (Å²) < 4.78 is 73.8. The number of nitrogens with zero attached hydrogens (tertiary/aromatic N) is 3. The molecule has 0 bridgehead atoms. The van der Waals surface area contributed by atoms with Crippen LogP contribution in [0.5, 0.6) is 5.75 Å². The molecule has 0 fully saturated rings. The maximum atomic E-state index is 13.9. The van der Waals surface area contributed by atoms with E-state index in [1.165, 1.54) is 24.2 Å². The Kier molecular flexibility index (Phi) is 8.62. The van der Waals surface area contributed by atoms with Crippen molar-refractivity contribution in [1.82, 2.24) is 9.29 Å². The van der Waals surface area contributed by atoms with Gasteiger partial charge in [-0.25, -0.2) is 12.7 Å². The Morgan fingerprint density at radius 2 is 2.05 bits per heavy atom. The van der Waals surface area contributed by atoms with Gasteiger partial charge in [0.05, 0.1) is 29.7 Å². The average molecular weight is 610 g/mol. The van der Waals surface area contributed by atoms with E-state index >= 15 is 0 Å². The fourth-order valence-electron chi connectivity index (χ4n) is 3.80. The largest absolute Gasteiger partial charge is 0.491 e. The highest BCUT2D eigenvalue weighted by molar-refractivity contribution is 8.06. The SMILES string of the molecule is N#Cc1cc(C(F)(F)F)ncc1-c1cc(S(=O)(=O)N2C=CSC(C3=CC=CCC3)=C2)c(OCCC(=O)O)cc1Cl. The maximum Gasteiger partial charge on any atom is 0.433 e. The summed E-state index contributed by atoms with van der Waals surface area (Å²) in [5.41, 5.74) is -1.01. The van der Waals surface area contributed by atoms with E-state index in [1.807, 2.05) is 18.2 Å². The topological polar surface area (TPSA) is 121 Å². The lowest BCUT2D eigenvalue weighted by Crippen LogP contribution is -2.23. The number of aromatic nitrogens is 1. The number of carbonyl (C=O) groups is 1. The molecule has 2 heterocycles. The quantitative estimate of drug-likeness (QED) is 0.361. The number of hydrogen-bond acceptors (Lipinski definition) is 7. The zero-order valence-electron chi connectivity index (χ0n) is 20.4. The van der Waals surface area contributed by atoms with E-state index in [0.29, 0.717) is 17.4 Å². The predicted molar refractivity (Wildman–Crippen MR) is 142 cm³/mol. The van der Waals surface area contributed by atoms with Crippen LogP contribution in [0.15, 0.2) is 75.8 Å². The Balaban J connectivity index is 1.85. The average Bonchev–Trinajstić information content (AvgIpc) is 2.92. The molecule has 1 aliphatic heterocycles. The number of pyridine rings is 1. The van der Waals surface area contributed by atoms with E-state index in [-0.39, 0.29) is 28.5 Å². The summed E-state index contributed by atoms with van der Waals surface area (Å²) in [7, 11) is -4.42. The van der Waals surface area contributed by atoms with Gasteiger partial charge in [0.25, 0.3) is 10.0 Å². The van der Waals surface area contributed by atoms with Crippen LogP contribution in [0.25, 0.3) is 11.1 Å². The van der Waals surface area contributed by atoms with Crippen molar-refractivity contribution in [1.29, 1.82) is 5.26 Å². The van der Waals surface area contributed by atoms with Crippen LogP contribution in [0.1, 0.15) is 30.5 Å². The second-order valence-electron chi connectivity index (χ2n) is 8.39. The number of ether oxygens (including phenoxy) is 1. The summed E-state index contributed by atoms with van der Waals surface area (Å²) >= 11 is 7.72. The number of alkyl halides is 3. The molecule has 1 aromatic heterocycles.